The Morgan fingerprint density at radius 1 is 0.861 bits per heavy atom. The van der Waals surface area contributed by atoms with Gasteiger partial charge in [0.1, 0.15) is 17.1 Å². The van der Waals surface area contributed by atoms with Gasteiger partial charge in [0.15, 0.2) is 0 Å². The SMILES string of the molecule is O=C(NCc1cccnc1)C(=Cc1ccc(-c2ccc([N+](=O)[O-])cc2)o1)C(=O)NCc1cccnc1. The molecule has 0 aliphatic carbocycles. The molecule has 0 atom stereocenters. The molecule has 1 aromatic carbocycles. The molecular formula is C26H21N5O5. The minimum atomic E-state index is -0.587. The van der Waals surface area contributed by atoms with Crippen LogP contribution in [0.15, 0.2) is 95.4 Å². The molecule has 180 valence electrons. The average Bonchev–Trinajstić information content (AvgIpc) is 3.39. The van der Waals surface area contributed by atoms with Crippen molar-refractivity contribution >= 4 is 23.6 Å². The summed E-state index contributed by atoms with van der Waals surface area (Å²) in [6, 6.07) is 16.3. The molecular weight excluding hydrogens is 462 g/mol. The predicted octanol–water partition coefficient (Wildman–Crippen LogP) is 3.66. The summed E-state index contributed by atoms with van der Waals surface area (Å²) in [6.07, 6.45) is 7.85. The first kappa shape index (κ1) is 24.0. The smallest absolute Gasteiger partial charge is 0.269 e. The zero-order chi connectivity index (χ0) is 25.3. The Labute approximate surface area is 205 Å². The van der Waals surface area contributed by atoms with E-state index in [0.29, 0.717) is 11.3 Å². The zero-order valence-electron chi connectivity index (χ0n) is 19.0. The lowest BCUT2D eigenvalue weighted by molar-refractivity contribution is -0.384. The van der Waals surface area contributed by atoms with Gasteiger partial charge in [-0.05, 0) is 53.6 Å². The lowest BCUT2D eigenvalue weighted by Crippen LogP contribution is -2.34. The van der Waals surface area contributed by atoms with Crippen LogP contribution in [0.25, 0.3) is 17.4 Å². The third kappa shape index (κ3) is 6.26. The summed E-state index contributed by atoms with van der Waals surface area (Å²) < 4.78 is 5.80. The molecule has 0 aliphatic heterocycles. The summed E-state index contributed by atoms with van der Waals surface area (Å²) in [4.78, 5) is 44.4. The predicted molar refractivity (Wildman–Crippen MR) is 131 cm³/mol. The summed E-state index contributed by atoms with van der Waals surface area (Å²) in [6.45, 7) is 0.373. The number of carbonyl (C=O) groups is 2. The molecule has 10 heteroatoms. The van der Waals surface area contributed by atoms with Gasteiger partial charge in [-0.3, -0.25) is 29.7 Å². The second-order valence-corrected chi connectivity index (χ2v) is 7.65. The zero-order valence-corrected chi connectivity index (χ0v) is 19.0. The highest BCUT2D eigenvalue weighted by Crippen LogP contribution is 2.25. The van der Waals surface area contributed by atoms with Gasteiger partial charge in [-0.1, -0.05) is 12.1 Å². The molecule has 0 unspecified atom stereocenters. The maximum absolute atomic E-state index is 13.0. The first-order chi connectivity index (χ1) is 17.5. The third-order valence-corrected chi connectivity index (χ3v) is 5.12. The first-order valence-corrected chi connectivity index (χ1v) is 10.9. The number of carbonyl (C=O) groups excluding carboxylic acids is 2. The number of hydrogen-bond donors (Lipinski definition) is 2. The van der Waals surface area contributed by atoms with E-state index in [1.54, 1.807) is 61.2 Å². The van der Waals surface area contributed by atoms with Crippen LogP contribution in [0.3, 0.4) is 0 Å². The van der Waals surface area contributed by atoms with Crippen LogP contribution in [0.1, 0.15) is 16.9 Å². The number of hydrogen-bond acceptors (Lipinski definition) is 7. The molecule has 4 rings (SSSR count). The van der Waals surface area contributed by atoms with Crippen LogP contribution in [0, 0.1) is 10.1 Å². The van der Waals surface area contributed by atoms with Crippen molar-refractivity contribution in [1.82, 2.24) is 20.6 Å². The van der Waals surface area contributed by atoms with E-state index >= 15 is 0 Å². The average molecular weight is 483 g/mol. The van der Waals surface area contributed by atoms with E-state index in [0.717, 1.165) is 11.1 Å². The van der Waals surface area contributed by atoms with E-state index < -0.39 is 16.7 Å². The van der Waals surface area contributed by atoms with Crippen molar-refractivity contribution in [2.45, 2.75) is 13.1 Å². The fourth-order valence-corrected chi connectivity index (χ4v) is 3.27. The number of nitrogens with one attached hydrogen (secondary N) is 2. The molecule has 0 fully saturated rings. The fourth-order valence-electron chi connectivity index (χ4n) is 3.27. The molecule has 0 saturated carbocycles. The summed E-state index contributed by atoms with van der Waals surface area (Å²) in [5, 5.41) is 16.3. The molecule has 36 heavy (non-hydrogen) atoms. The maximum Gasteiger partial charge on any atom is 0.269 e. The number of nitro benzene ring substituents is 1. The monoisotopic (exact) mass is 483 g/mol. The number of benzene rings is 1. The highest BCUT2D eigenvalue weighted by atomic mass is 16.6. The van der Waals surface area contributed by atoms with Gasteiger partial charge in [-0.2, -0.15) is 0 Å². The molecule has 0 spiro atoms. The molecule has 4 aromatic rings. The summed E-state index contributed by atoms with van der Waals surface area (Å²) >= 11 is 0. The Kier molecular flexibility index (Phi) is 7.57. The normalized spacial score (nSPS) is 10.3. The van der Waals surface area contributed by atoms with Crippen LogP contribution < -0.4 is 10.6 Å². The van der Waals surface area contributed by atoms with E-state index in [9.17, 15) is 19.7 Å². The molecule has 10 nitrogen and oxygen atoms in total. The Bertz CT molecular complexity index is 1330. The van der Waals surface area contributed by atoms with Crippen molar-refractivity contribution in [2.24, 2.45) is 0 Å². The van der Waals surface area contributed by atoms with E-state index in [-0.39, 0.29) is 30.1 Å². The molecule has 0 saturated heterocycles. The molecule has 0 radical (unpaired) electrons. The van der Waals surface area contributed by atoms with Crippen molar-refractivity contribution in [3.63, 3.8) is 0 Å². The van der Waals surface area contributed by atoms with Gasteiger partial charge in [0.25, 0.3) is 17.5 Å². The van der Waals surface area contributed by atoms with Crippen LogP contribution in [0.4, 0.5) is 5.69 Å². The van der Waals surface area contributed by atoms with Crippen LogP contribution in [0.2, 0.25) is 0 Å². The van der Waals surface area contributed by atoms with Crippen molar-refractivity contribution in [3.05, 3.63) is 118 Å². The first-order valence-electron chi connectivity index (χ1n) is 10.9. The summed E-state index contributed by atoms with van der Waals surface area (Å²) in [7, 11) is 0. The van der Waals surface area contributed by atoms with Gasteiger partial charge in [-0.25, -0.2) is 0 Å². The lowest BCUT2D eigenvalue weighted by atomic mass is 10.1. The number of nitro groups is 1. The van der Waals surface area contributed by atoms with Crippen molar-refractivity contribution < 1.29 is 18.9 Å². The van der Waals surface area contributed by atoms with E-state index in [1.165, 1.54) is 18.2 Å². The van der Waals surface area contributed by atoms with Gasteiger partial charge in [0.2, 0.25) is 0 Å². The minimum absolute atomic E-state index is 0.0386. The Morgan fingerprint density at radius 3 is 1.94 bits per heavy atom. The highest BCUT2D eigenvalue weighted by Gasteiger charge is 2.19. The topological polar surface area (TPSA) is 140 Å². The number of furan rings is 1. The number of amides is 2. The van der Waals surface area contributed by atoms with E-state index in [4.69, 9.17) is 4.42 Å². The molecule has 2 amide bonds. The van der Waals surface area contributed by atoms with Crippen LogP contribution in [-0.2, 0) is 22.7 Å². The number of pyridine rings is 2. The highest BCUT2D eigenvalue weighted by molar-refractivity contribution is 6.21. The van der Waals surface area contributed by atoms with Crippen molar-refractivity contribution in [2.75, 3.05) is 0 Å². The number of aromatic nitrogens is 2. The van der Waals surface area contributed by atoms with Gasteiger partial charge < -0.3 is 15.1 Å². The Balaban J connectivity index is 1.54. The van der Waals surface area contributed by atoms with Gasteiger partial charge in [-0.15, -0.1) is 0 Å². The van der Waals surface area contributed by atoms with Crippen LogP contribution >= 0.6 is 0 Å². The third-order valence-electron chi connectivity index (χ3n) is 5.12. The standard InChI is InChI=1S/C26H21N5O5/c32-25(29-16-18-3-1-11-27-14-18)23(26(33)30-17-19-4-2-12-28-15-19)13-22-9-10-24(36-22)20-5-7-21(8-6-20)31(34)35/h1-15H,16-17H2,(H,29,32)(H,30,33). The number of rotatable bonds is 9. The second kappa shape index (κ2) is 11.3. The second-order valence-electron chi connectivity index (χ2n) is 7.65. The quantitative estimate of drug-likeness (QED) is 0.122. The molecule has 3 aromatic heterocycles. The minimum Gasteiger partial charge on any atom is -0.457 e. The van der Waals surface area contributed by atoms with Crippen molar-refractivity contribution in [1.29, 1.82) is 0 Å². The van der Waals surface area contributed by atoms with E-state index in [2.05, 4.69) is 20.6 Å². The molecule has 3 heterocycles. The molecule has 0 aliphatic rings. The summed E-state index contributed by atoms with van der Waals surface area (Å²) in [5.74, 6) is -0.472. The lowest BCUT2D eigenvalue weighted by Gasteiger charge is -2.10. The van der Waals surface area contributed by atoms with Gasteiger partial charge in [0.05, 0.1) is 4.92 Å². The largest absolute Gasteiger partial charge is 0.457 e. The van der Waals surface area contributed by atoms with Gasteiger partial charge in [0, 0.05) is 55.6 Å². The van der Waals surface area contributed by atoms with Crippen molar-refractivity contribution in [3.8, 4) is 11.3 Å². The maximum atomic E-state index is 13.0. The fraction of sp³-hybridized carbons (Fsp3) is 0.0769. The molecule has 2 N–H and O–H groups in total. The van der Waals surface area contributed by atoms with Crippen LogP contribution in [0.5, 0.6) is 0 Å². The van der Waals surface area contributed by atoms with Gasteiger partial charge >= 0.3 is 0 Å². The van der Waals surface area contributed by atoms with Crippen LogP contribution in [-0.4, -0.2) is 26.7 Å². The molecule has 0 bridgehead atoms. The number of non-ortho nitro benzene ring substituents is 1. The number of nitrogens with zero attached hydrogens (tertiary/aromatic N) is 3. The Morgan fingerprint density at radius 2 is 1.44 bits per heavy atom. The Hall–Kier alpha value is -5.12. The van der Waals surface area contributed by atoms with E-state index in [1.807, 2.05) is 12.1 Å². The summed E-state index contributed by atoms with van der Waals surface area (Å²) in [5.41, 5.74) is 1.98.